The number of carbonyl (C=O) groups excluding carboxylic acids is 2. The van der Waals surface area contributed by atoms with Crippen LogP contribution in [0.1, 0.15) is 69.2 Å². The Hall–Kier alpha value is -2.84. The summed E-state index contributed by atoms with van der Waals surface area (Å²) in [6.45, 7) is 4.27. The molecule has 0 spiro atoms. The summed E-state index contributed by atoms with van der Waals surface area (Å²) in [5.41, 5.74) is -1.61. The van der Waals surface area contributed by atoms with Crippen molar-refractivity contribution >= 4 is 23.1 Å². The van der Waals surface area contributed by atoms with Gasteiger partial charge < -0.3 is 4.74 Å². The van der Waals surface area contributed by atoms with Gasteiger partial charge in [-0.15, -0.1) is 0 Å². The van der Waals surface area contributed by atoms with Gasteiger partial charge in [-0.25, -0.2) is 4.79 Å². The van der Waals surface area contributed by atoms with Gasteiger partial charge in [0.1, 0.15) is 11.9 Å². The first-order valence-corrected chi connectivity index (χ1v) is 10.7. The Kier molecular flexibility index (Phi) is 5.10. The number of nitrogens with zero attached hydrogens (tertiary/aromatic N) is 2. The maximum atomic E-state index is 12.9. The van der Waals surface area contributed by atoms with Crippen LogP contribution in [0.15, 0.2) is 18.2 Å². The molecule has 0 amide bonds. The first-order chi connectivity index (χ1) is 14.5. The van der Waals surface area contributed by atoms with Gasteiger partial charge in [0.25, 0.3) is 11.4 Å². The van der Waals surface area contributed by atoms with Gasteiger partial charge in [-0.3, -0.25) is 25.0 Å². The first kappa shape index (κ1) is 21.4. The third-order valence-corrected chi connectivity index (χ3v) is 8.05. The van der Waals surface area contributed by atoms with Crippen LogP contribution in [0.25, 0.3) is 0 Å². The molecule has 4 rings (SSSR count). The molecular weight excluding hydrogens is 404 g/mol. The molecule has 1 aromatic carbocycles. The number of nitro benzene ring substituents is 2. The van der Waals surface area contributed by atoms with Crippen LogP contribution in [-0.4, -0.2) is 27.7 Å². The minimum Gasteiger partial charge on any atom is -0.458 e. The van der Waals surface area contributed by atoms with E-state index >= 15 is 0 Å². The average molecular weight is 430 g/mol. The molecule has 166 valence electrons. The van der Waals surface area contributed by atoms with Gasteiger partial charge in [0, 0.05) is 29.9 Å². The van der Waals surface area contributed by atoms with E-state index in [0.717, 1.165) is 50.3 Å². The number of ketones is 1. The molecule has 3 saturated carbocycles. The van der Waals surface area contributed by atoms with Gasteiger partial charge >= 0.3 is 5.97 Å². The topological polar surface area (TPSA) is 130 Å². The van der Waals surface area contributed by atoms with Crippen molar-refractivity contribution in [3.63, 3.8) is 0 Å². The first-order valence-electron chi connectivity index (χ1n) is 10.7. The third-order valence-electron chi connectivity index (χ3n) is 8.05. The van der Waals surface area contributed by atoms with Crippen LogP contribution in [0, 0.1) is 42.9 Å². The normalized spacial score (nSPS) is 34.5. The van der Waals surface area contributed by atoms with E-state index in [2.05, 4.69) is 13.8 Å². The Morgan fingerprint density at radius 3 is 2.29 bits per heavy atom. The molecule has 31 heavy (non-hydrogen) atoms. The maximum Gasteiger partial charge on any atom is 0.338 e. The monoisotopic (exact) mass is 430 g/mol. The molecule has 0 heterocycles. The van der Waals surface area contributed by atoms with Crippen molar-refractivity contribution in [2.45, 2.75) is 64.9 Å². The average Bonchev–Trinajstić information content (AvgIpc) is 3.03. The lowest BCUT2D eigenvalue weighted by atomic mass is 9.49. The van der Waals surface area contributed by atoms with Gasteiger partial charge in [0.05, 0.1) is 21.5 Å². The fraction of sp³-hybridized carbons (Fsp3) is 0.636. The number of Topliss-reactive ketones (excluding diaryl/α,β-unsaturated/α-hetero) is 1. The SMILES string of the molecule is C[C@]12CCC(=O)[C@H]1[C@H]1CCC[C@H](OC(=O)c3cc([N+](=O)[O-])cc([N+](=O)[O-])c3)[C@]1(C)CC2. The zero-order chi connectivity index (χ0) is 22.6. The Morgan fingerprint density at radius 1 is 1.03 bits per heavy atom. The molecule has 0 N–H and O–H groups in total. The minimum atomic E-state index is -0.801. The van der Waals surface area contributed by atoms with E-state index in [1.807, 2.05) is 0 Å². The Balaban J connectivity index is 1.61. The Bertz CT molecular complexity index is 944. The number of esters is 1. The fourth-order valence-electron chi connectivity index (χ4n) is 6.28. The van der Waals surface area contributed by atoms with E-state index in [9.17, 15) is 29.8 Å². The van der Waals surface area contributed by atoms with Gasteiger partial charge in [-0.2, -0.15) is 0 Å². The largest absolute Gasteiger partial charge is 0.458 e. The Morgan fingerprint density at radius 2 is 1.68 bits per heavy atom. The van der Waals surface area contributed by atoms with E-state index < -0.39 is 33.3 Å². The Labute approximate surface area is 179 Å². The number of non-ortho nitro benzene ring substituents is 2. The summed E-state index contributed by atoms with van der Waals surface area (Å²) in [7, 11) is 0. The predicted molar refractivity (Wildman–Crippen MR) is 109 cm³/mol. The van der Waals surface area contributed by atoms with E-state index in [1.165, 1.54) is 0 Å². The minimum absolute atomic E-state index is 0.00775. The summed E-state index contributed by atoms with van der Waals surface area (Å²) >= 11 is 0. The number of hydrogen-bond acceptors (Lipinski definition) is 7. The molecule has 0 aromatic heterocycles. The van der Waals surface area contributed by atoms with Gasteiger partial charge in [-0.1, -0.05) is 13.8 Å². The van der Waals surface area contributed by atoms with Crippen molar-refractivity contribution < 1.29 is 24.2 Å². The molecule has 9 heteroatoms. The van der Waals surface area contributed by atoms with Crippen LogP contribution in [0.5, 0.6) is 0 Å². The van der Waals surface area contributed by atoms with E-state index in [1.54, 1.807) is 0 Å². The number of ether oxygens (including phenoxy) is 1. The molecule has 1 aromatic rings. The highest BCUT2D eigenvalue weighted by Gasteiger charge is 2.60. The van der Waals surface area contributed by atoms with Crippen LogP contribution in [0.4, 0.5) is 11.4 Å². The number of hydrogen-bond donors (Lipinski definition) is 0. The lowest BCUT2D eigenvalue weighted by molar-refractivity contribution is -0.394. The summed E-state index contributed by atoms with van der Waals surface area (Å²) in [4.78, 5) is 46.4. The molecule has 3 aliphatic rings. The molecule has 0 bridgehead atoms. The zero-order valence-electron chi connectivity index (χ0n) is 17.7. The lowest BCUT2D eigenvalue weighted by Gasteiger charge is -2.56. The van der Waals surface area contributed by atoms with E-state index in [4.69, 9.17) is 4.74 Å². The van der Waals surface area contributed by atoms with Crippen molar-refractivity contribution in [1.82, 2.24) is 0 Å². The predicted octanol–water partition coefficient (Wildman–Crippen LogP) is 4.61. The number of nitro groups is 2. The number of carbonyl (C=O) groups is 2. The quantitative estimate of drug-likeness (QED) is 0.387. The van der Waals surface area contributed by atoms with Crippen molar-refractivity contribution in [3.05, 3.63) is 44.0 Å². The van der Waals surface area contributed by atoms with Crippen molar-refractivity contribution in [2.24, 2.45) is 22.7 Å². The second kappa shape index (κ2) is 7.39. The van der Waals surface area contributed by atoms with Crippen LogP contribution in [0.2, 0.25) is 0 Å². The number of fused-ring (bicyclic) bond motifs is 3. The molecule has 0 saturated heterocycles. The van der Waals surface area contributed by atoms with Crippen molar-refractivity contribution in [2.75, 3.05) is 0 Å². The standard InChI is InChI=1S/C22H26N2O7/c1-21-7-6-17(25)19(21)16-4-3-5-18(22(16,2)9-8-21)31-20(26)13-10-14(23(27)28)12-15(11-13)24(29)30/h10-12,16,18-19H,3-9H2,1-2H3/t16-,18+,19-,21-,22-/m1/s1. The molecule has 5 atom stereocenters. The summed E-state index contributed by atoms with van der Waals surface area (Å²) < 4.78 is 5.84. The van der Waals surface area contributed by atoms with Crippen LogP contribution >= 0.6 is 0 Å². The van der Waals surface area contributed by atoms with Gasteiger partial charge in [0.2, 0.25) is 0 Å². The van der Waals surface area contributed by atoms with E-state index in [-0.39, 0.29) is 28.2 Å². The highest BCUT2D eigenvalue weighted by Crippen LogP contribution is 2.63. The smallest absolute Gasteiger partial charge is 0.338 e. The molecule has 9 nitrogen and oxygen atoms in total. The molecule has 3 aliphatic carbocycles. The second-order valence-corrected chi connectivity index (χ2v) is 9.79. The van der Waals surface area contributed by atoms with Crippen LogP contribution < -0.4 is 0 Å². The van der Waals surface area contributed by atoms with Gasteiger partial charge in [0.15, 0.2) is 0 Å². The maximum absolute atomic E-state index is 12.9. The second-order valence-electron chi connectivity index (χ2n) is 9.79. The number of rotatable bonds is 4. The summed E-state index contributed by atoms with van der Waals surface area (Å²) in [5.74, 6) is -0.386. The van der Waals surface area contributed by atoms with Crippen molar-refractivity contribution in [3.8, 4) is 0 Å². The molecular formula is C22H26N2O7. The van der Waals surface area contributed by atoms with Crippen molar-refractivity contribution in [1.29, 1.82) is 0 Å². The zero-order valence-corrected chi connectivity index (χ0v) is 17.7. The van der Waals surface area contributed by atoms with Gasteiger partial charge in [-0.05, 0) is 49.9 Å². The summed E-state index contributed by atoms with van der Waals surface area (Å²) in [5, 5.41) is 22.3. The fourth-order valence-corrected chi connectivity index (χ4v) is 6.28. The highest BCUT2D eigenvalue weighted by molar-refractivity contribution is 5.91. The highest BCUT2D eigenvalue weighted by atomic mass is 16.6. The summed E-state index contributed by atoms with van der Waals surface area (Å²) in [6.07, 6.45) is 5.20. The molecule has 0 aliphatic heterocycles. The number of benzene rings is 1. The van der Waals surface area contributed by atoms with E-state index in [0.29, 0.717) is 18.6 Å². The summed E-state index contributed by atoms with van der Waals surface area (Å²) in [6, 6.07) is 2.84. The van der Waals surface area contributed by atoms with Crippen LogP contribution in [0.3, 0.4) is 0 Å². The molecule has 3 fully saturated rings. The van der Waals surface area contributed by atoms with Crippen LogP contribution in [-0.2, 0) is 9.53 Å². The molecule has 0 radical (unpaired) electrons. The molecule has 0 unspecified atom stereocenters. The lowest BCUT2D eigenvalue weighted by Crippen LogP contribution is -2.54. The third kappa shape index (κ3) is 3.49.